The summed E-state index contributed by atoms with van der Waals surface area (Å²) in [6.45, 7) is 0.723. The van der Waals surface area contributed by atoms with Gasteiger partial charge in [-0.15, -0.1) is 0 Å². The Labute approximate surface area is 182 Å². The number of nitrogens with zero attached hydrogens (tertiary/aromatic N) is 1. The summed E-state index contributed by atoms with van der Waals surface area (Å²) in [4.78, 5) is 14.9. The summed E-state index contributed by atoms with van der Waals surface area (Å²) in [6, 6.07) is 20.8. The lowest BCUT2D eigenvalue weighted by atomic mass is 9.87. The Balaban J connectivity index is 1.72. The van der Waals surface area contributed by atoms with Crippen LogP contribution in [0.1, 0.15) is 28.3 Å². The number of ether oxygens (including phenoxy) is 3. The van der Waals surface area contributed by atoms with Crippen LogP contribution in [0.5, 0.6) is 11.5 Å². The van der Waals surface area contributed by atoms with E-state index in [2.05, 4.69) is 0 Å². The Kier molecular flexibility index (Phi) is 5.98. The zero-order valence-electron chi connectivity index (χ0n) is 17.7. The molecule has 0 bridgehead atoms. The van der Waals surface area contributed by atoms with Crippen LogP contribution in [0.15, 0.2) is 66.7 Å². The number of nitrogens with two attached hydrogens (primary N) is 1. The monoisotopic (exact) mass is 418 g/mol. The maximum atomic E-state index is 13.2. The molecule has 3 aromatic rings. The van der Waals surface area contributed by atoms with Crippen LogP contribution < -0.4 is 15.2 Å². The van der Waals surface area contributed by atoms with Crippen molar-refractivity contribution in [3.8, 4) is 11.5 Å². The van der Waals surface area contributed by atoms with Crippen molar-refractivity contribution in [2.45, 2.75) is 19.1 Å². The molecule has 4 rings (SSSR count). The van der Waals surface area contributed by atoms with Crippen LogP contribution in [0.25, 0.3) is 0 Å². The molecule has 0 saturated heterocycles. The second-order valence-electron chi connectivity index (χ2n) is 7.42. The first kappa shape index (κ1) is 20.6. The van der Waals surface area contributed by atoms with Crippen LogP contribution in [0.2, 0.25) is 0 Å². The molecule has 2 N–H and O–H groups in total. The molecule has 1 heterocycles. The third-order valence-corrected chi connectivity index (χ3v) is 5.60. The normalized spacial score (nSPS) is 15.2. The zero-order chi connectivity index (χ0) is 21.8. The van der Waals surface area contributed by atoms with Gasteiger partial charge in [-0.3, -0.25) is 4.90 Å². The summed E-state index contributed by atoms with van der Waals surface area (Å²) < 4.78 is 16.7. The van der Waals surface area contributed by atoms with E-state index in [4.69, 9.17) is 19.9 Å². The van der Waals surface area contributed by atoms with Crippen LogP contribution in [0, 0.1) is 0 Å². The molecule has 1 amide bonds. The fourth-order valence-corrected chi connectivity index (χ4v) is 4.04. The molecule has 0 aromatic heterocycles. The highest BCUT2D eigenvalue weighted by molar-refractivity contribution is 5.71. The van der Waals surface area contributed by atoms with Gasteiger partial charge >= 0.3 is 6.09 Å². The third-order valence-electron chi connectivity index (χ3n) is 5.60. The van der Waals surface area contributed by atoms with Crippen molar-refractivity contribution in [2.24, 2.45) is 0 Å². The first-order chi connectivity index (χ1) is 15.1. The van der Waals surface area contributed by atoms with E-state index in [-0.39, 0.29) is 18.7 Å². The number of nitrogen functional groups attached to an aromatic ring is 1. The molecule has 0 radical (unpaired) electrons. The third kappa shape index (κ3) is 4.14. The number of rotatable bonds is 5. The summed E-state index contributed by atoms with van der Waals surface area (Å²) in [7, 11) is 3.22. The Bertz CT molecular complexity index is 1070. The number of methoxy groups -OCH3 is 2. The molecule has 0 aliphatic carbocycles. The molecule has 3 aromatic carbocycles. The quantitative estimate of drug-likeness (QED) is 0.615. The van der Waals surface area contributed by atoms with Gasteiger partial charge in [0.2, 0.25) is 0 Å². The molecule has 0 saturated carbocycles. The number of amides is 1. The Morgan fingerprint density at radius 2 is 1.65 bits per heavy atom. The number of fused-ring (bicyclic) bond motifs is 1. The molecule has 1 aliphatic rings. The van der Waals surface area contributed by atoms with E-state index in [0.717, 1.165) is 22.3 Å². The molecule has 1 aliphatic heterocycles. The van der Waals surface area contributed by atoms with Crippen LogP contribution in [-0.2, 0) is 17.8 Å². The van der Waals surface area contributed by atoms with Crippen molar-refractivity contribution in [3.63, 3.8) is 0 Å². The highest BCUT2D eigenvalue weighted by Crippen LogP contribution is 2.42. The average molecular weight is 418 g/mol. The molecule has 1 atom stereocenters. The van der Waals surface area contributed by atoms with Crippen molar-refractivity contribution in [1.29, 1.82) is 0 Å². The number of anilines is 1. The van der Waals surface area contributed by atoms with Gasteiger partial charge in [-0.05, 0) is 41.3 Å². The molecule has 0 fully saturated rings. The van der Waals surface area contributed by atoms with Crippen molar-refractivity contribution in [1.82, 2.24) is 4.90 Å². The first-order valence-electron chi connectivity index (χ1n) is 10.2. The Morgan fingerprint density at radius 3 is 2.35 bits per heavy atom. The molecule has 6 nitrogen and oxygen atoms in total. The predicted octanol–water partition coefficient (Wildman–Crippen LogP) is 4.57. The van der Waals surface area contributed by atoms with Gasteiger partial charge in [-0.2, -0.15) is 0 Å². The summed E-state index contributed by atoms with van der Waals surface area (Å²) in [5, 5.41) is 0. The highest BCUT2D eigenvalue weighted by atomic mass is 16.6. The molecular weight excluding hydrogens is 392 g/mol. The van der Waals surface area contributed by atoms with E-state index in [1.54, 1.807) is 19.1 Å². The summed E-state index contributed by atoms with van der Waals surface area (Å²) in [5.41, 5.74) is 10.8. The largest absolute Gasteiger partial charge is 0.493 e. The van der Waals surface area contributed by atoms with Gasteiger partial charge in [-0.25, -0.2) is 4.79 Å². The van der Waals surface area contributed by atoms with Gasteiger partial charge in [0, 0.05) is 17.8 Å². The van der Waals surface area contributed by atoms with Gasteiger partial charge in [0.25, 0.3) is 0 Å². The van der Waals surface area contributed by atoms with E-state index in [1.807, 2.05) is 66.7 Å². The van der Waals surface area contributed by atoms with Crippen LogP contribution >= 0.6 is 0 Å². The van der Waals surface area contributed by atoms with Crippen LogP contribution in [-0.4, -0.2) is 31.8 Å². The second kappa shape index (κ2) is 9.00. The minimum absolute atomic E-state index is 0.214. The smallest absolute Gasteiger partial charge is 0.410 e. The Hall–Kier alpha value is -3.67. The van der Waals surface area contributed by atoms with Gasteiger partial charge in [0.05, 0.1) is 20.3 Å². The van der Waals surface area contributed by atoms with Crippen molar-refractivity contribution in [2.75, 3.05) is 26.5 Å². The predicted molar refractivity (Wildman–Crippen MR) is 119 cm³/mol. The molecule has 160 valence electrons. The fraction of sp³-hybridized carbons (Fsp3) is 0.240. The number of hydrogen-bond acceptors (Lipinski definition) is 5. The molecule has 31 heavy (non-hydrogen) atoms. The number of carbonyl (C=O) groups excluding carboxylic acids is 1. The minimum Gasteiger partial charge on any atom is -0.493 e. The summed E-state index contributed by atoms with van der Waals surface area (Å²) in [5.74, 6) is 1.28. The topological polar surface area (TPSA) is 74.0 Å². The zero-order valence-corrected chi connectivity index (χ0v) is 17.7. The molecule has 6 heteroatoms. The standard InChI is InChI=1S/C25H26N2O4/c1-29-22-14-18-12-13-27(25(28)31-16-17-8-4-3-5-9-17)24(20(18)15-23(22)30-2)19-10-6-7-11-21(19)26/h3-11,14-15,24H,12-13,16,26H2,1-2H3/t24-/m1/s1. The van der Waals surface area contributed by atoms with E-state index < -0.39 is 0 Å². The van der Waals surface area contributed by atoms with E-state index in [1.165, 1.54) is 0 Å². The van der Waals surface area contributed by atoms with Crippen molar-refractivity contribution in [3.05, 3.63) is 89.0 Å². The number of para-hydroxylation sites is 1. The SMILES string of the molecule is COc1cc2c(cc1OC)[C@@H](c1ccccc1N)N(C(=O)OCc1ccccc1)CC2. The number of hydrogen-bond donors (Lipinski definition) is 1. The van der Waals surface area contributed by atoms with Crippen molar-refractivity contribution < 1.29 is 19.0 Å². The van der Waals surface area contributed by atoms with Gasteiger partial charge < -0.3 is 19.9 Å². The fourth-order valence-electron chi connectivity index (χ4n) is 4.04. The first-order valence-corrected chi connectivity index (χ1v) is 10.2. The number of benzene rings is 3. The van der Waals surface area contributed by atoms with Crippen LogP contribution in [0.4, 0.5) is 10.5 Å². The second-order valence-corrected chi connectivity index (χ2v) is 7.42. The molecule has 0 unspecified atom stereocenters. The lowest BCUT2D eigenvalue weighted by Crippen LogP contribution is -2.41. The highest BCUT2D eigenvalue weighted by Gasteiger charge is 2.35. The molecule has 0 spiro atoms. The van der Waals surface area contributed by atoms with Gasteiger partial charge in [0.1, 0.15) is 6.61 Å². The van der Waals surface area contributed by atoms with Gasteiger partial charge in [-0.1, -0.05) is 48.5 Å². The maximum absolute atomic E-state index is 13.2. The lowest BCUT2D eigenvalue weighted by Gasteiger charge is -2.37. The van der Waals surface area contributed by atoms with E-state index in [0.29, 0.717) is 30.2 Å². The van der Waals surface area contributed by atoms with E-state index >= 15 is 0 Å². The van der Waals surface area contributed by atoms with E-state index in [9.17, 15) is 4.79 Å². The average Bonchev–Trinajstić information content (AvgIpc) is 2.82. The number of carbonyl (C=O) groups is 1. The van der Waals surface area contributed by atoms with Crippen LogP contribution in [0.3, 0.4) is 0 Å². The lowest BCUT2D eigenvalue weighted by molar-refractivity contribution is 0.0837. The van der Waals surface area contributed by atoms with Crippen molar-refractivity contribution >= 4 is 11.8 Å². The Morgan fingerprint density at radius 1 is 0.968 bits per heavy atom. The molecular formula is C25H26N2O4. The van der Waals surface area contributed by atoms with Gasteiger partial charge in [0.15, 0.2) is 11.5 Å². The summed E-state index contributed by atoms with van der Waals surface area (Å²) in [6.07, 6.45) is 0.303. The summed E-state index contributed by atoms with van der Waals surface area (Å²) >= 11 is 0. The minimum atomic E-state index is -0.381. The maximum Gasteiger partial charge on any atom is 0.410 e.